The van der Waals surface area contributed by atoms with Crippen LogP contribution in [-0.2, 0) is 0 Å². The molecule has 2 N–H and O–H groups in total. The van der Waals surface area contributed by atoms with E-state index in [1.165, 1.54) is 12.1 Å². The van der Waals surface area contributed by atoms with Crippen molar-refractivity contribution in [3.8, 4) is 16.9 Å². The number of methoxy groups -OCH3 is 1. The predicted molar refractivity (Wildman–Crippen MR) is 62.8 cm³/mol. The molecule has 2 aromatic carbocycles. The third-order valence-electron chi connectivity index (χ3n) is 2.42. The van der Waals surface area contributed by atoms with Gasteiger partial charge in [-0.2, -0.15) is 0 Å². The SMILES string of the molecule is COc1cccc(-c2cccc(F)c2)c1N. The fraction of sp³-hybridized carbons (Fsp3) is 0.0769. The molecular weight excluding hydrogens is 205 g/mol. The minimum Gasteiger partial charge on any atom is -0.495 e. The van der Waals surface area contributed by atoms with Crippen molar-refractivity contribution in [2.75, 3.05) is 12.8 Å². The molecule has 0 atom stereocenters. The number of rotatable bonds is 2. The normalized spacial score (nSPS) is 10.1. The Morgan fingerprint density at radius 3 is 2.56 bits per heavy atom. The zero-order valence-electron chi connectivity index (χ0n) is 8.91. The molecule has 16 heavy (non-hydrogen) atoms. The van der Waals surface area contributed by atoms with Gasteiger partial charge >= 0.3 is 0 Å². The molecule has 0 aliphatic heterocycles. The van der Waals surface area contributed by atoms with E-state index in [1.54, 1.807) is 19.2 Å². The van der Waals surface area contributed by atoms with E-state index in [2.05, 4.69) is 0 Å². The topological polar surface area (TPSA) is 35.2 Å². The van der Waals surface area contributed by atoms with E-state index >= 15 is 0 Å². The van der Waals surface area contributed by atoms with E-state index in [1.807, 2.05) is 18.2 Å². The highest BCUT2D eigenvalue weighted by Gasteiger charge is 2.07. The van der Waals surface area contributed by atoms with E-state index in [-0.39, 0.29) is 5.82 Å². The molecule has 2 rings (SSSR count). The molecular formula is C13H12FNO. The fourth-order valence-electron chi connectivity index (χ4n) is 1.63. The maximum absolute atomic E-state index is 13.1. The first-order valence-electron chi connectivity index (χ1n) is 4.91. The lowest BCUT2D eigenvalue weighted by atomic mass is 10.0. The molecule has 0 heterocycles. The summed E-state index contributed by atoms with van der Waals surface area (Å²) in [6, 6.07) is 11.8. The molecule has 0 saturated heterocycles. The molecule has 0 aliphatic carbocycles. The van der Waals surface area contributed by atoms with Crippen LogP contribution in [0.25, 0.3) is 11.1 Å². The number of hydrogen-bond acceptors (Lipinski definition) is 2. The minimum atomic E-state index is -0.278. The molecule has 2 nitrogen and oxygen atoms in total. The number of hydrogen-bond donors (Lipinski definition) is 1. The second kappa shape index (κ2) is 4.23. The van der Waals surface area contributed by atoms with Crippen LogP contribution in [-0.4, -0.2) is 7.11 Å². The molecule has 2 aromatic rings. The smallest absolute Gasteiger partial charge is 0.142 e. The molecule has 0 bridgehead atoms. The van der Waals surface area contributed by atoms with Gasteiger partial charge in [-0.3, -0.25) is 0 Å². The Morgan fingerprint density at radius 1 is 1.12 bits per heavy atom. The van der Waals surface area contributed by atoms with Crippen molar-refractivity contribution >= 4 is 5.69 Å². The lowest BCUT2D eigenvalue weighted by Gasteiger charge is -2.09. The standard InChI is InChI=1S/C13H12FNO/c1-16-12-7-3-6-11(13(12)15)9-4-2-5-10(14)8-9/h2-8H,15H2,1H3. The van der Waals surface area contributed by atoms with Crippen molar-refractivity contribution in [1.29, 1.82) is 0 Å². The number of nitrogen functional groups attached to an aromatic ring is 1. The second-order valence-corrected chi connectivity index (χ2v) is 3.43. The first-order valence-corrected chi connectivity index (χ1v) is 4.91. The van der Waals surface area contributed by atoms with Gasteiger partial charge in [0.15, 0.2) is 0 Å². The second-order valence-electron chi connectivity index (χ2n) is 3.43. The van der Waals surface area contributed by atoms with Gasteiger partial charge in [0.25, 0.3) is 0 Å². The fourth-order valence-corrected chi connectivity index (χ4v) is 1.63. The first kappa shape index (κ1) is 10.5. The molecule has 0 fully saturated rings. The number of nitrogens with two attached hydrogens (primary N) is 1. The summed E-state index contributed by atoms with van der Waals surface area (Å²) in [4.78, 5) is 0. The zero-order chi connectivity index (χ0) is 11.5. The number of para-hydroxylation sites is 1. The van der Waals surface area contributed by atoms with Crippen LogP contribution >= 0.6 is 0 Å². The Hall–Kier alpha value is -2.03. The molecule has 0 saturated carbocycles. The van der Waals surface area contributed by atoms with E-state index in [0.29, 0.717) is 11.4 Å². The van der Waals surface area contributed by atoms with E-state index in [0.717, 1.165) is 11.1 Å². The summed E-state index contributed by atoms with van der Waals surface area (Å²) in [5, 5.41) is 0. The third kappa shape index (κ3) is 1.84. The van der Waals surface area contributed by atoms with Gasteiger partial charge in [0, 0.05) is 5.56 Å². The molecule has 0 radical (unpaired) electrons. The number of benzene rings is 2. The number of halogens is 1. The van der Waals surface area contributed by atoms with Crippen molar-refractivity contribution < 1.29 is 9.13 Å². The van der Waals surface area contributed by atoms with Crippen LogP contribution in [0.2, 0.25) is 0 Å². The van der Waals surface area contributed by atoms with Gasteiger partial charge in [-0.05, 0) is 23.8 Å². The summed E-state index contributed by atoms with van der Waals surface area (Å²) < 4.78 is 18.2. The van der Waals surface area contributed by atoms with Gasteiger partial charge in [-0.1, -0.05) is 24.3 Å². The molecule has 0 aliphatic rings. The van der Waals surface area contributed by atoms with Gasteiger partial charge in [-0.15, -0.1) is 0 Å². The van der Waals surface area contributed by atoms with E-state index < -0.39 is 0 Å². The highest BCUT2D eigenvalue weighted by atomic mass is 19.1. The van der Waals surface area contributed by atoms with Crippen LogP contribution < -0.4 is 10.5 Å². The molecule has 0 aromatic heterocycles. The van der Waals surface area contributed by atoms with Crippen molar-refractivity contribution in [3.05, 3.63) is 48.3 Å². The summed E-state index contributed by atoms with van der Waals surface area (Å²) in [6.07, 6.45) is 0. The van der Waals surface area contributed by atoms with Crippen LogP contribution in [0.3, 0.4) is 0 Å². The first-order chi connectivity index (χ1) is 7.72. The highest BCUT2D eigenvalue weighted by molar-refractivity contribution is 5.80. The van der Waals surface area contributed by atoms with Gasteiger partial charge in [0.1, 0.15) is 11.6 Å². The summed E-state index contributed by atoms with van der Waals surface area (Å²) in [7, 11) is 1.56. The van der Waals surface area contributed by atoms with Gasteiger partial charge in [0.05, 0.1) is 12.8 Å². The van der Waals surface area contributed by atoms with Crippen molar-refractivity contribution in [3.63, 3.8) is 0 Å². The van der Waals surface area contributed by atoms with Crippen LogP contribution in [0.1, 0.15) is 0 Å². The Bertz CT molecular complexity index is 511. The average Bonchev–Trinajstić information content (AvgIpc) is 2.29. The van der Waals surface area contributed by atoms with E-state index in [4.69, 9.17) is 10.5 Å². The minimum absolute atomic E-state index is 0.278. The van der Waals surface area contributed by atoms with Gasteiger partial charge in [0.2, 0.25) is 0 Å². The lowest BCUT2D eigenvalue weighted by molar-refractivity contribution is 0.417. The Labute approximate surface area is 93.5 Å². The van der Waals surface area contributed by atoms with Crippen LogP contribution in [0.15, 0.2) is 42.5 Å². The molecule has 82 valence electrons. The summed E-state index contributed by atoms with van der Waals surface area (Å²) in [5.41, 5.74) is 7.98. The Balaban J connectivity index is 2.56. The monoisotopic (exact) mass is 217 g/mol. The summed E-state index contributed by atoms with van der Waals surface area (Å²) >= 11 is 0. The molecule has 0 spiro atoms. The highest BCUT2D eigenvalue weighted by Crippen LogP contribution is 2.32. The van der Waals surface area contributed by atoms with E-state index in [9.17, 15) is 4.39 Å². The quantitative estimate of drug-likeness (QED) is 0.784. The number of anilines is 1. The Morgan fingerprint density at radius 2 is 1.88 bits per heavy atom. The van der Waals surface area contributed by atoms with Crippen LogP contribution in [0.5, 0.6) is 5.75 Å². The Kier molecular flexibility index (Phi) is 2.77. The van der Waals surface area contributed by atoms with Crippen molar-refractivity contribution in [2.24, 2.45) is 0 Å². The predicted octanol–water partition coefficient (Wildman–Crippen LogP) is 3.08. The van der Waals surface area contributed by atoms with Crippen molar-refractivity contribution in [2.45, 2.75) is 0 Å². The van der Waals surface area contributed by atoms with Gasteiger partial charge in [-0.25, -0.2) is 4.39 Å². The molecule has 0 amide bonds. The lowest BCUT2D eigenvalue weighted by Crippen LogP contribution is -1.95. The maximum Gasteiger partial charge on any atom is 0.142 e. The van der Waals surface area contributed by atoms with Crippen molar-refractivity contribution in [1.82, 2.24) is 0 Å². The zero-order valence-corrected chi connectivity index (χ0v) is 8.91. The van der Waals surface area contributed by atoms with Crippen LogP contribution in [0, 0.1) is 5.82 Å². The molecule has 0 unspecified atom stereocenters. The summed E-state index contributed by atoms with van der Waals surface area (Å²) in [5.74, 6) is 0.321. The number of ether oxygens (including phenoxy) is 1. The average molecular weight is 217 g/mol. The summed E-state index contributed by atoms with van der Waals surface area (Å²) in [6.45, 7) is 0. The largest absolute Gasteiger partial charge is 0.495 e. The van der Waals surface area contributed by atoms with Gasteiger partial charge < -0.3 is 10.5 Å². The third-order valence-corrected chi connectivity index (χ3v) is 2.42. The maximum atomic E-state index is 13.1. The van der Waals surface area contributed by atoms with Crippen LogP contribution in [0.4, 0.5) is 10.1 Å². The molecule has 3 heteroatoms.